The first-order valence-corrected chi connectivity index (χ1v) is 5.25. The minimum atomic E-state index is 0.628. The molecule has 14 heavy (non-hydrogen) atoms. The van der Waals surface area contributed by atoms with Gasteiger partial charge in [-0.1, -0.05) is 18.2 Å². The highest BCUT2D eigenvalue weighted by molar-refractivity contribution is 5.34. The Kier molecular flexibility index (Phi) is 2.57. The molecule has 0 amide bonds. The van der Waals surface area contributed by atoms with Crippen LogP contribution < -0.4 is 5.73 Å². The summed E-state index contributed by atoms with van der Waals surface area (Å²) in [6.07, 6.45) is 0. The van der Waals surface area contributed by atoms with Gasteiger partial charge in [0.1, 0.15) is 0 Å². The molecule has 2 heteroatoms. The summed E-state index contributed by atoms with van der Waals surface area (Å²) in [6, 6.07) is 7.24. The van der Waals surface area contributed by atoms with E-state index < -0.39 is 0 Å². The van der Waals surface area contributed by atoms with Crippen LogP contribution >= 0.6 is 0 Å². The molecule has 1 aliphatic heterocycles. The molecule has 0 fully saturated rings. The lowest BCUT2D eigenvalue weighted by atomic mass is 10.1. The average molecular weight is 190 g/mol. The minimum Gasteiger partial charge on any atom is -0.326 e. The summed E-state index contributed by atoms with van der Waals surface area (Å²) in [7, 11) is 0. The molecule has 0 spiro atoms. The molecule has 0 saturated heterocycles. The second-order valence-electron chi connectivity index (χ2n) is 4.31. The molecule has 1 aliphatic rings. The molecule has 76 valence electrons. The van der Waals surface area contributed by atoms with E-state index in [1.165, 1.54) is 16.7 Å². The normalized spacial score (nSPS) is 16.3. The molecular formula is C12H18N2. The number of benzene rings is 1. The number of nitrogens with zero attached hydrogens (tertiary/aromatic N) is 1. The molecule has 0 aromatic heterocycles. The van der Waals surface area contributed by atoms with E-state index in [0.717, 1.165) is 13.1 Å². The van der Waals surface area contributed by atoms with E-state index in [0.29, 0.717) is 12.6 Å². The van der Waals surface area contributed by atoms with Gasteiger partial charge in [-0.15, -0.1) is 0 Å². The van der Waals surface area contributed by atoms with Crippen molar-refractivity contribution in [2.24, 2.45) is 5.73 Å². The van der Waals surface area contributed by atoms with Crippen molar-refractivity contribution in [1.82, 2.24) is 4.90 Å². The van der Waals surface area contributed by atoms with Crippen molar-refractivity contribution in [3.05, 3.63) is 34.9 Å². The molecule has 1 heterocycles. The zero-order valence-electron chi connectivity index (χ0n) is 8.96. The van der Waals surface area contributed by atoms with Gasteiger partial charge in [0.15, 0.2) is 0 Å². The molecule has 0 saturated carbocycles. The number of fused-ring (bicyclic) bond motifs is 1. The molecule has 0 bridgehead atoms. The second-order valence-corrected chi connectivity index (χ2v) is 4.31. The van der Waals surface area contributed by atoms with Crippen LogP contribution in [0.3, 0.4) is 0 Å². The first-order chi connectivity index (χ1) is 6.70. The first kappa shape index (κ1) is 9.69. The predicted octanol–water partition coefficient (Wildman–Crippen LogP) is 1.87. The fraction of sp³-hybridized carbons (Fsp3) is 0.500. The summed E-state index contributed by atoms with van der Waals surface area (Å²) < 4.78 is 0. The molecule has 1 aromatic carbocycles. The summed E-state index contributed by atoms with van der Waals surface area (Å²) in [5.74, 6) is 0. The highest BCUT2D eigenvalue weighted by Gasteiger charge is 2.20. The number of hydrogen-bond acceptors (Lipinski definition) is 2. The van der Waals surface area contributed by atoms with Crippen molar-refractivity contribution in [2.75, 3.05) is 0 Å². The Morgan fingerprint density at radius 3 is 2.64 bits per heavy atom. The van der Waals surface area contributed by atoms with Crippen molar-refractivity contribution in [3.8, 4) is 0 Å². The van der Waals surface area contributed by atoms with Gasteiger partial charge in [-0.2, -0.15) is 0 Å². The summed E-state index contributed by atoms with van der Waals surface area (Å²) in [4.78, 5) is 2.48. The lowest BCUT2D eigenvalue weighted by Gasteiger charge is -2.18. The third kappa shape index (κ3) is 1.68. The van der Waals surface area contributed by atoms with E-state index in [1.54, 1.807) is 0 Å². The Balaban J connectivity index is 2.22. The minimum absolute atomic E-state index is 0.628. The number of hydrogen-bond donors (Lipinski definition) is 1. The molecule has 0 radical (unpaired) electrons. The maximum absolute atomic E-state index is 5.62. The maximum Gasteiger partial charge on any atom is 0.0243 e. The Hall–Kier alpha value is -0.860. The molecule has 0 aliphatic carbocycles. The fourth-order valence-corrected chi connectivity index (χ4v) is 1.97. The first-order valence-electron chi connectivity index (χ1n) is 5.25. The average Bonchev–Trinajstić information content (AvgIpc) is 2.59. The van der Waals surface area contributed by atoms with Gasteiger partial charge in [-0.3, -0.25) is 4.90 Å². The smallest absolute Gasteiger partial charge is 0.0243 e. The molecule has 1 aromatic rings. The van der Waals surface area contributed by atoms with Gasteiger partial charge in [0.2, 0.25) is 0 Å². The molecule has 0 unspecified atom stereocenters. The van der Waals surface area contributed by atoms with Crippen LogP contribution in [-0.2, 0) is 19.6 Å². The lowest BCUT2D eigenvalue weighted by molar-refractivity contribution is 0.227. The van der Waals surface area contributed by atoms with Gasteiger partial charge >= 0.3 is 0 Å². The number of rotatable bonds is 2. The third-order valence-corrected chi connectivity index (χ3v) is 2.98. The Labute approximate surface area is 85.7 Å². The van der Waals surface area contributed by atoms with Gasteiger partial charge in [-0.25, -0.2) is 0 Å². The third-order valence-electron chi connectivity index (χ3n) is 2.98. The van der Waals surface area contributed by atoms with Crippen LogP contribution in [0.25, 0.3) is 0 Å². The predicted molar refractivity (Wildman–Crippen MR) is 58.7 cm³/mol. The highest BCUT2D eigenvalue weighted by Crippen LogP contribution is 2.25. The van der Waals surface area contributed by atoms with Crippen LogP contribution in [-0.4, -0.2) is 10.9 Å². The van der Waals surface area contributed by atoms with Crippen LogP contribution in [0.4, 0.5) is 0 Å². The molecule has 2 N–H and O–H groups in total. The van der Waals surface area contributed by atoms with E-state index >= 15 is 0 Å². The lowest BCUT2D eigenvalue weighted by Crippen LogP contribution is -2.24. The monoisotopic (exact) mass is 190 g/mol. The fourth-order valence-electron chi connectivity index (χ4n) is 1.97. The maximum atomic E-state index is 5.62. The summed E-state index contributed by atoms with van der Waals surface area (Å²) in [6.45, 7) is 7.32. The van der Waals surface area contributed by atoms with Crippen LogP contribution in [0.2, 0.25) is 0 Å². The Bertz CT molecular complexity index is 331. The van der Waals surface area contributed by atoms with Gasteiger partial charge in [0.05, 0.1) is 0 Å². The van der Waals surface area contributed by atoms with E-state index in [9.17, 15) is 0 Å². The standard InChI is InChI=1S/C12H18N2/c1-9(2)14-7-11-4-3-10(6-13)5-12(11)8-14/h3-5,9H,6-8,13H2,1-2H3. The van der Waals surface area contributed by atoms with E-state index in [1.807, 2.05) is 0 Å². The Morgan fingerprint density at radius 1 is 1.29 bits per heavy atom. The molecule has 0 atom stereocenters. The highest BCUT2D eigenvalue weighted by atomic mass is 15.2. The SMILES string of the molecule is CC(C)N1Cc2ccc(CN)cc2C1. The largest absolute Gasteiger partial charge is 0.326 e. The van der Waals surface area contributed by atoms with Gasteiger partial charge in [0, 0.05) is 25.7 Å². The van der Waals surface area contributed by atoms with Crippen molar-refractivity contribution in [2.45, 2.75) is 39.5 Å². The zero-order valence-corrected chi connectivity index (χ0v) is 8.96. The van der Waals surface area contributed by atoms with Crippen LogP contribution in [0.15, 0.2) is 18.2 Å². The quantitative estimate of drug-likeness (QED) is 0.771. The van der Waals surface area contributed by atoms with Gasteiger partial charge < -0.3 is 5.73 Å². The molecular weight excluding hydrogens is 172 g/mol. The summed E-state index contributed by atoms with van der Waals surface area (Å²) >= 11 is 0. The van der Waals surface area contributed by atoms with Crippen molar-refractivity contribution >= 4 is 0 Å². The number of nitrogens with two attached hydrogens (primary N) is 1. The van der Waals surface area contributed by atoms with E-state index in [4.69, 9.17) is 5.73 Å². The second kappa shape index (κ2) is 3.71. The van der Waals surface area contributed by atoms with Gasteiger partial charge in [0.25, 0.3) is 0 Å². The molecule has 2 nitrogen and oxygen atoms in total. The Morgan fingerprint density at radius 2 is 2.00 bits per heavy atom. The summed E-state index contributed by atoms with van der Waals surface area (Å²) in [5, 5.41) is 0. The van der Waals surface area contributed by atoms with Crippen LogP contribution in [0.1, 0.15) is 30.5 Å². The van der Waals surface area contributed by atoms with E-state index in [2.05, 4.69) is 36.9 Å². The zero-order chi connectivity index (χ0) is 10.1. The van der Waals surface area contributed by atoms with Crippen LogP contribution in [0.5, 0.6) is 0 Å². The van der Waals surface area contributed by atoms with Crippen LogP contribution in [0, 0.1) is 0 Å². The van der Waals surface area contributed by atoms with E-state index in [-0.39, 0.29) is 0 Å². The molecule has 2 rings (SSSR count). The van der Waals surface area contributed by atoms with Crippen molar-refractivity contribution < 1.29 is 0 Å². The van der Waals surface area contributed by atoms with Crippen molar-refractivity contribution in [1.29, 1.82) is 0 Å². The van der Waals surface area contributed by atoms with Gasteiger partial charge in [-0.05, 0) is 30.5 Å². The van der Waals surface area contributed by atoms with Crippen molar-refractivity contribution in [3.63, 3.8) is 0 Å². The topological polar surface area (TPSA) is 29.3 Å². The summed E-state index contributed by atoms with van der Waals surface area (Å²) in [5.41, 5.74) is 9.80.